The number of thiocarbonyl (C=S) groups is 1. The Balaban J connectivity index is 1.93. The minimum Gasteiger partial charge on any atom is -0.507 e. The maximum Gasteiger partial charge on any atom is 0.191 e. The molecular weight excluding hydrogens is 357 g/mol. The van der Waals surface area contributed by atoms with Gasteiger partial charge in [0.25, 0.3) is 0 Å². The summed E-state index contributed by atoms with van der Waals surface area (Å²) in [7, 11) is 0. The Kier molecular flexibility index (Phi) is 5.24. The fraction of sp³-hybridized carbons (Fsp3) is 0. The Labute approximate surface area is 134 Å². The molecule has 0 aromatic heterocycles. The first-order chi connectivity index (χ1) is 10.0. The number of nitrogens with one attached hydrogen (secondary N) is 2. The van der Waals surface area contributed by atoms with Gasteiger partial charge in [-0.3, -0.25) is 5.43 Å². The van der Waals surface area contributed by atoms with E-state index in [-0.39, 0.29) is 16.7 Å². The van der Waals surface area contributed by atoms with Gasteiger partial charge in [-0.25, -0.2) is 4.39 Å². The summed E-state index contributed by atoms with van der Waals surface area (Å²) in [5.74, 6) is -0.205. The third-order valence-corrected chi connectivity index (χ3v) is 3.15. The molecule has 0 heterocycles. The first-order valence-electron chi connectivity index (χ1n) is 5.89. The zero-order chi connectivity index (χ0) is 15.2. The van der Waals surface area contributed by atoms with Crippen molar-refractivity contribution in [1.29, 1.82) is 0 Å². The maximum atomic E-state index is 12.8. The lowest BCUT2D eigenvalue weighted by atomic mass is 10.2. The van der Waals surface area contributed by atoms with E-state index in [1.54, 1.807) is 30.3 Å². The van der Waals surface area contributed by atoms with E-state index in [1.807, 2.05) is 0 Å². The van der Waals surface area contributed by atoms with Gasteiger partial charge in [0.05, 0.1) is 6.21 Å². The summed E-state index contributed by atoms with van der Waals surface area (Å²) in [6, 6.07) is 10.8. The average Bonchev–Trinajstić information content (AvgIpc) is 2.45. The Morgan fingerprint density at radius 3 is 2.67 bits per heavy atom. The van der Waals surface area contributed by atoms with Crippen molar-refractivity contribution in [3.8, 4) is 5.75 Å². The van der Waals surface area contributed by atoms with Gasteiger partial charge in [0.15, 0.2) is 5.11 Å². The van der Waals surface area contributed by atoms with Crippen LogP contribution in [-0.4, -0.2) is 16.4 Å². The molecule has 108 valence electrons. The molecule has 0 fully saturated rings. The average molecular weight is 368 g/mol. The molecule has 0 aliphatic rings. The van der Waals surface area contributed by atoms with Crippen molar-refractivity contribution in [3.05, 3.63) is 58.3 Å². The molecule has 2 aromatic rings. The Morgan fingerprint density at radius 1 is 1.24 bits per heavy atom. The predicted octanol–water partition coefficient (Wildman–Crippen LogP) is 3.61. The molecule has 0 saturated heterocycles. The molecule has 0 atom stereocenters. The molecule has 0 aliphatic heterocycles. The van der Waals surface area contributed by atoms with Crippen LogP contribution in [0.25, 0.3) is 0 Å². The smallest absolute Gasteiger partial charge is 0.191 e. The highest BCUT2D eigenvalue weighted by Gasteiger charge is 1.99. The zero-order valence-electron chi connectivity index (χ0n) is 10.7. The van der Waals surface area contributed by atoms with E-state index in [0.717, 1.165) is 4.47 Å². The molecule has 3 N–H and O–H groups in total. The molecule has 0 saturated carbocycles. The number of hydrazone groups is 1. The summed E-state index contributed by atoms with van der Waals surface area (Å²) in [4.78, 5) is 0. The zero-order valence-corrected chi connectivity index (χ0v) is 13.1. The molecule has 0 unspecified atom stereocenters. The van der Waals surface area contributed by atoms with Gasteiger partial charge in [-0.15, -0.1) is 0 Å². The van der Waals surface area contributed by atoms with Crippen LogP contribution in [0.1, 0.15) is 5.56 Å². The number of halogens is 2. The molecule has 21 heavy (non-hydrogen) atoms. The number of rotatable bonds is 3. The normalized spacial score (nSPS) is 10.6. The van der Waals surface area contributed by atoms with Gasteiger partial charge in [-0.05, 0) is 54.7 Å². The van der Waals surface area contributed by atoms with Crippen LogP contribution in [0.15, 0.2) is 52.0 Å². The van der Waals surface area contributed by atoms with Crippen LogP contribution < -0.4 is 10.7 Å². The van der Waals surface area contributed by atoms with E-state index in [1.165, 1.54) is 18.3 Å². The maximum absolute atomic E-state index is 12.8. The second-order valence-corrected chi connectivity index (χ2v) is 5.36. The third kappa shape index (κ3) is 4.80. The lowest BCUT2D eigenvalue weighted by molar-refractivity contribution is 0.474. The van der Waals surface area contributed by atoms with Crippen LogP contribution in [0, 0.1) is 5.82 Å². The highest BCUT2D eigenvalue weighted by molar-refractivity contribution is 9.10. The van der Waals surface area contributed by atoms with Gasteiger partial charge in [0.2, 0.25) is 0 Å². The van der Waals surface area contributed by atoms with Gasteiger partial charge < -0.3 is 10.4 Å². The van der Waals surface area contributed by atoms with Gasteiger partial charge in [-0.2, -0.15) is 5.10 Å². The second kappa shape index (κ2) is 7.14. The number of hydrogen-bond acceptors (Lipinski definition) is 3. The Hall–Kier alpha value is -1.99. The molecule has 2 rings (SSSR count). The molecule has 4 nitrogen and oxygen atoms in total. The number of phenolic OH excluding ortho intramolecular Hbond substituents is 1. The van der Waals surface area contributed by atoms with Gasteiger partial charge >= 0.3 is 0 Å². The van der Waals surface area contributed by atoms with Crippen LogP contribution in [-0.2, 0) is 0 Å². The second-order valence-electron chi connectivity index (χ2n) is 4.03. The molecule has 2 aromatic carbocycles. The van der Waals surface area contributed by atoms with Gasteiger partial charge in [-0.1, -0.05) is 15.9 Å². The summed E-state index contributed by atoms with van der Waals surface area (Å²) < 4.78 is 13.6. The first kappa shape index (κ1) is 15.4. The number of benzene rings is 2. The van der Waals surface area contributed by atoms with Crippen molar-refractivity contribution in [1.82, 2.24) is 5.43 Å². The highest BCUT2D eigenvalue weighted by Crippen LogP contribution is 2.19. The minimum absolute atomic E-state index is 0.112. The van der Waals surface area contributed by atoms with E-state index < -0.39 is 0 Å². The highest BCUT2D eigenvalue weighted by atomic mass is 79.9. The van der Waals surface area contributed by atoms with Crippen molar-refractivity contribution < 1.29 is 9.50 Å². The van der Waals surface area contributed by atoms with E-state index in [4.69, 9.17) is 12.2 Å². The molecule has 0 amide bonds. The van der Waals surface area contributed by atoms with Crippen LogP contribution >= 0.6 is 28.1 Å². The summed E-state index contributed by atoms with van der Waals surface area (Å²) in [6.45, 7) is 0. The van der Waals surface area contributed by atoms with E-state index >= 15 is 0 Å². The standard InChI is InChI=1S/C14H11BrFN3OS/c15-10-1-6-13(20)9(7-10)8-17-19-14(21)18-12-4-2-11(16)3-5-12/h1-8,20H,(H2,18,19,21). The lowest BCUT2D eigenvalue weighted by Crippen LogP contribution is -2.23. The number of phenols is 1. The van der Waals surface area contributed by atoms with Crippen LogP contribution in [0.2, 0.25) is 0 Å². The lowest BCUT2D eigenvalue weighted by Gasteiger charge is -2.06. The van der Waals surface area contributed by atoms with Crippen LogP contribution in [0.3, 0.4) is 0 Å². The van der Waals surface area contributed by atoms with Gasteiger partial charge in [0.1, 0.15) is 11.6 Å². The number of hydrogen-bond donors (Lipinski definition) is 3. The van der Waals surface area contributed by atoms with Crippen LogP contribution in [0.4, 0.5) is 10.1 Å². The summed E-state index contributed by atoms with van der Waals surface area (Å²) in [6.07, 6.45) is 1.44. The molecule has 7 heteroatoms. The summed E-state index contributed by atoms with van der Waals surface area (Å²) >= 11 is 8.35. The fourth-order valence-corrected chi connectivity index (χ4v) is 2.03. The topological polar surface area (TPSA) is 56.7 Å². The summed E-state index contributed by atoms with van der Waals surface area (Å²) in [5, 5.41) is 16.7. The Morgan fingerprint density at radius 2 is 1.95 bits per heavy atom. The number of nitrogens with zero attached hydrogens (tertiary/aromatic N) is 1. The number of aromatic hydroxyl groups is 1. The SMILES string of the molecule is Oc1ccc(Br)cc1C=NNC(=S)Nc1ccc(F)cc1. The van der Waals surface area contributed by atoms with E-state index in [0.29, 0.717) is 11.3 Å². The molecule has 0 aliphatic carbocycles. The molecule has 0 spiro atoms. The number of anilines is 1. The minimum atomic E-state index is -0.317. The van der Waals surface area contributed by atoms with Crippen molar-refractivity contribution in [2.45, 2.75) is 0 Å². The molecule has 0 radical (unpaired) electrons. The van der Waals surface area contributed by atoms with E-state index in [9.17, 15) is 9.50 Å². The van der Waals surface area contributed by atoms with E-state index in [2.05, 4.69) is 31.8 Å². The largest absolute Gasteiger partial charge is 0.507 e. The molecule has 0 bridgehead atoms. The predicted molar refractivity (Wildman–Crippen MR) is 89.2 cm³/mol. The third-order valence-electron chi connectivity index (χ3n) is 2.46. The fourth-order valence-electron chi connectivity index (χ4n) is 1.48. The van der Waals surface area contributed by atoms with Gasteiger partial charge in [0, 0.05) is 15.7 Å². The van der Waals surface area contributed by atoms with Crippen LogP contribution in [0.5, 0.6) is 5.75 Å². The quantitative estimate of drug-likeness (QED) is 0.440. The first-order valence-corrected chi connectivity index (χ1v) is 7.09. The van der Waals surface area contributed by atoms with Crippen molar-refractivity contribution >= 4 is 45.2 Å². The van der Waals surface area contributed by atoms with Crippen molar-refractivity contribution in [3.63, 3.8) is 0 Å². The van der Waals surface area contributed by atoms with Crippen molar-refractivity contribution in [2.75, 3.05) is 5.32 Å². The summed E-state index contributed by atoms with van der Waals surface area (Å²) in [5.41, 5.74) is 3.80. The Bertz CT molecular complexity index is 676. The molecular formula is C14H11BrFN3OS. The monoisotopic (exact) mass is 367 g/mol. The van der Waals surface area contributed by atoms with Crippen molar-refractivity contribution in [2.24, 2.45) is 5.10 Å².